The van der Waals surface area contributed by atoms with Gasteiger partial charge in [-0.05, 0) is 44.7 Å². The van der Waals surface area contributed by atoms with Gasteiger partial charge in [-0.2, -0.15) is 0 Å². The normalized spacial score (nSPS) is 15.7. The fourth-order valence-corrected chi connectivity index (χ4v) is 2.32. The molecule has 1 aliphatic rings. The van der Waals surface area contributed by atoms with Gasteiger partial charge in [0.2, 0.25) is 5.91 Å². The molecular weight excluding hydrogens is 212 g/mol. The number of aromatic nitrogens is 1. The molecule has 17 heavy (non-hydrogen) atoms. The third-order valence-corrected chi connectivity index (χ3v) is 4.05. The molecule has 0 atom stereocenters. The van der Waals surface area contributed by atoms with Crippen LogP contribution >= 0.6 is 0 Å². The van der Waals surface area contributed by atoms with E-state index in [1.54, 1.807) is 0 Å². The second kappa shape index (κ2) is 4.94. The van der Waals surface area contributed by atoms with Gasteiger partial charge in [0, 0.05) is 30.9 Å². The number of rotatable bonds is 4. The smallest absolute Gasteiger partial charge is 0.223 e. The van der Waals surface area contributed by atoms with Gasteiger partial charge in [-0.1, -0.05) is 6.42 Å². The predicted octanol–water partition coefficient (Wildman–Crippen LogP) is 2.10. The van der Waals surface area contributed by atoms with Gasteiger partial charge in [-0.3, -0.25) is 4.79 Å². The van der Waals surface area contributed by atoms with Crippen LogP contribution in [0.4, 0.5) is 0 Å². The Balaban J connectivity index is 1.81. The molecule has 1 heterocycles. The van der Waals surface area contributed by atoms with Crippen molar-refractivity contribution in [2.75, 3.05) is 6.54 Å². The fourth-order valence-electron chi connectivity index (χ4n) is 2.32. The van der Waals surface area contributed by atoms with Crippen molar-refractivity contribution in [1.82, 2.24) is 9.88 Å². The number of hydrogen-bond acceptors (Lipinski definition) is 1. The third kappa shape index (κ3) is 2.54. The lowest BCUT2D eigenvalue weighted by molar-refractivity contribution is -0.127. The molecule has 94 valence electrons. The fraction of sp³-hybridized carbons (Fsp3) is 0.643. The minimum atomic E-state index is 0.251. The number of amides is 1. The summed E-state index contributed by atoms with van der Waals surface area (Å²) in [6.45, 7) is 5.01. The van der Waals surface area contributed by atoms with Gasteiger partial charge >= 0.3 is 0 Å². The standard InChI is InChI=1S/C14H22N2O/c1-10-9-13(11(2)16(10)3)7-8-15-14(17)12-5-4-6-12/h9,12H,4-8H2,1-3H3,(H,15,17). The van der Waals surface area contributed by atoms with E-state index < -0.39 is 0 Å². The summed E-state index contributed by atoms with van der Waals surface area (Å²) in [7, 11) is 2.08. The zero-order valence-corrected chi connectivity index (χ0v) is 11.0. The Morgan fingerprint density at radius 3 is 2.65 bits per heavy atom. The lowest BCUT2D eigenvalue weighted by Crippen LogP contribution is -2.35. The van der Waals surface area contributed by atoms with Crippen molar-refractivity contribution in [2.24, 2.45) is 13.0 Å². The van der Waals surface area contributed by atoms with Gasteiger partial charge in [0.25, 0.3) is 0 Å². The first-order valence-electron chi connectivity index (χ1n) is 6.49. The summed E-state index contributed by atoms with van der Waals surface area (Å²) in [5, 5.41) is 3.04. The highest BCUT2D eigenvalue weighted by Crippen LogP contribution is 2.26. The van der Waals surface area contributed by atoms with Gasteiger partial charge in [0.15, 0.2) is 0 Å². The second-order valence-corrected chi connectivity index (χ2v) is 5.12. The molecule has 1 fully saturated rings. The maximum Gasteiger partial charge on any atom is 0.223 e. The number of nitrogens with one attached hydrogen (secondary N) is 1. The molecule has 0 aromatic carbocycles. The second-order valence-electron chi connectivity index (χ2n) is 5.12. The van der Waals surface area contributed by atoms with Crippen LogP contribution in [0.5, 0.6) is 0 Å². The average molecular weight is 234 g/mol. The van der Waals surface area contributed by atoms with Crippen LogP contribution in [0, 0.1) is 19.8 Å². The van der Waals surface area contributed by atoms with Gasteiger partial charge in [-0.15, -0.1) is 0 Å². The first kappa shape index (κ1) is 12.2. The van der Waals surface area contributed by atoms with E-state index in [0.717, 1.165) is 25.8 Å². The van der Waals surface area contributed by atoms with Crippen LogP contribution in [0.2, 0.25) is 0 Å². The van der Waals surface area contributed by atoms with E-state index in [2.05, 4.69) is 36.8 Å². The molecule has 0 saturated heterocycles. The van der Waals surface area contributed by atoms with Crippen molar-refractivity contribution >= 4 is 5.91 Å². The Hall–Kier alpha value is -1.25. The van der Waals surface area contributed by atoms with Gasteiger partial charge in [-0.25, -0.2) is 0 Å². The maximum atomic E-state index is 11.7. The van der Waals surface area contributed by atoms with Crippen LogP contribution in [0.15, 0.2) is 6.07 Å². The molecule has 1 aromatic heterocycles. The lowest BCUT2D eigenvalue weighted by atomic mass is 9.85. The molecule has 0 spiro atoms. The third-order valence-electron chi connectivity index (χ3n) is 4.05. The van der Waals surface area contributed by atoms with Crippen LogP contribution in [0.1, 0.15) is 36.2 Å². The molecule has 3 nitrogen and oxygen atoms in total. The van der Waals surface area contributed by atoms with Crippen LogP contribution in [-0.4, -0.2) is 17.0 Å². The van der Waals surface area contributed by atoms with E-state index in [9.17, 15) is 4.79 Å². The summed E-state index contributed by atoms with van der Waals surface area (Å²) in [5.74, 6) is 0.551. The first-order valence-corrected chi connectivity index (χ1v) is 6.49. The average Bonchev–Trinajstić information content (AvgIpc) is 2.44. The van der Waals surface area contributed by atoms with Crippen molar-refractivity contribution in [1.29, 1.82) is 0 Å². The van der Waals surface area contributed by atoms with Crippen molar-refractivity contribution in [3.8, 4) is 0 Å². The molecule has 1 saturated carbocycles. The summed E-state index contributed by atoms with van der Waals surface area (Å²) in [5.41, 5.74) is 3.93. The Labute approximate surface area is 103 Å². The highest BCUT2D eigenvalue weighted by Gasteiger charge is 2.24. The van der Waals surface area contributed by atoms with E-state index in [4.69, 9.17) is 0 Å². The number of carbonyl (C=O) groups is 1. The molecule has 3 heteroatoms. The zero-order valence-electron chi connectivity index (χ0n) is 11.0. The van der Waals surface area contributed by atoms with Crippen LogP contribution in [0.3, 0.4) is 0 Å². The molecule has 2 rings (SSSR count). The molecular formula is C14H22N2O. The SMILES string of the molecule is Cc1cc(CCNC(=O)C2CCC2)c(C)n1C. The molecule has 1 aliphatic carbocycles. The van der Waals surface area contributed by atoms with Gasteiger partial charge in [0.1, 0.15) is 0 Å². The topological polar surface area (TPSA) is 34.0 Å². The lowest BCUT2D eigenvalue weighted by Gasteiger charge is -2.23. The van der Waals surface area contributed by atoms with Gasteiger partial charge < -0.3 is 9.88 Å². The minimum absolute atomic E-state index is 0.251. The Bertz CT molecular complexity index is 416. The number of aryl methyl sites for hydroxylation is 1. The van der Waals surface area contributed by atoms with E-state index >= 15 is 0 Å². The highest BCUT2D eigenvalue weighted by molar-refractivity contribution is 5.79. The molecule has 0 bridgehead atoms. The first-order chi connectivity index (χ1) is 8.09. The molecule has 0 radical (unpaired) electrons. The van der Waals surface area contributed by atoms with E-state index in [-0.39, 0.29) is 5.91 Å². The highest BCUT2D eigenvalue weighted by atomic mass is 16.1. The van der Waals surface area contributed by atoms with Gasteiger partial charge in [0.05, 0.1) is 0 Å². The zero-order chi connectivity index (χ0) is 12.4. The number of carbonyl (C=O) groups excluding carboxylic acids is 1. The predicted molar refractivity (Wildman–Crippen MR) is 68.9 cm³/mol. The number of hydrogen-bond donors (Lipinski definition) is 1. The Morgan fingerprint density at radius 2 is 2.18 bits per heavy atom. The van der Waals surface area contributed by atoms with E-state index in [0.29, 0.717) is 5.92 Å². The molecule has 0 unspecified atom stereocenters. The Kier molecular flexibility index (Phi) is 3.55. The van der Waals surface area contributed by atoms with Crippen LogP contribution in [0.25, 0.3) is 0 Å². The Morgan fingerprint density at radius 1 is 1.47 bits per heavy atom. The monoisotopic (exact) mass is 234 g/mol. The summed E-state index contributed by atoms with van der Waals surface area (Å²) < 4.78 is 2.20. The van der Waals surface area contributed by atoms with E-state index in [1.165, 1.54) is 23.4 Å². The minimum Gasteiger partial charge on any atom is -0.356 e. The van der Waals surface area contributed by atoms with Crippen molar-refractivity contribution < 1.29 is 4.79 Å². The van der Waals surface area contributed by atoms with E-state index in [1.807, 2.05) is 0 Å². The van der Waals surface area contributed by atoms with Crippen LogP contribution < -0.4 is 5.32 Å². The molecule has 1 amide bonds. The summed E-state index contributed by atoms with van der Waals surface area (Å²) in [6, 6.07) is 2.21. The maximum absolute atomic E-state index is 11.7. The van der Waals surface area contributed by atoms with Crippen molar-refractivity contribution in [2.45, 2.75) is 39.5 Å². The summed E-state index contributed by atoms with van der Waals surface area (Å²) in [6.07, 6.45) is 4.31. The largest absolute Gasteiger partial charge is 0.356 e. The van der Waals surface area contributed by atoms with Crippen LogP contribution in [-0.2, 0) is 18.3 Å². The summed E-state index contributed by atoms with van der Waals surface area (Å²) >= 11 is 0. The number of nitrogens with zero attached hydrogens (tertiary/aromatic N) is 1. The molecule has 1 aromatic rings. The van der Waals surface area contributed by atoms with Crippen molar-refractivity contribution in [3.63, 3.8) is 0 Å². The molecule has 0 aliphatic heterocycles. The molecule has 1 N–H and O–H groups in total. The quantitative estimate of drug-likeness (QED) is 0.850. The summed E-state index contributed by atoms with van der Waals surface area (Å²) in [4.78, 5) is 11.7. The van der Waals surface area contributed by atoms with Crippen molar-refractivity contribution in [3.05, 3.63) is 23.0 Å².